The fraction of sp³-hybridized carbons (Fsp3) is 0.219. The number of nitrogens with one attached hydrogen (secondary N) is 2. The lowest BCUT2D eigenvalue weighted by Crippen LogP contribution is -2.43. The summed E-state index contributed by atoms with van der Waals surface area (Å²) >= 11 is 0. The van der Waals surface area contributed by atoms with Crippen LogP contribution in [0.2, 0.25) is 0 Å². The van der Waals surface area contributed by atoms with E-state index in [0.29, 0.717) is 25.1 Å². The lowest BCUT2D eigenvalue weighted by Gasteiger charge is -2.32. The number of carbonyl (C=O) groups excluding carboxylic acids is 2. The van der Waals surface area contributed by atoms with Crippen molar-refractivity contribution in [3.63, 3.8) is 0 Å². The van der Waals surface area contributed by atoms with Crippen LogP contribution in [0.5, 0.6) is 0 Å². The number of carbonyl (C=O) groups is 2. The molecular formula is C32H34N4O4S. The molecule has 2 N–H and O–H groups in total. The maximum absolute atomic E-state index is 13.9. The van der Waals surface area contributed by atoms with Crippen LogP contribution < -0.4 is 10.0 Å². The van der Waals surface area contributed by atoms with Crippen molar-refractivity contribution in [1.82, 2.24) is 19.9 Å². The second-order valence-corrected chi connectivity index (χ2v) is 11.3. The van der Waals surface area contributed by atoms with E-state index in [9.17, 15) is 18.0 Å². The Kier molecular flexibility index (Phi) is 10.4. The summed E-state index contributed by atoms with van der Waals surface area (Å²) in [5.41, 5.74) is 3.34. The molecule has 4 rings (SSSR count). The normalized spacial score (nSPS) is 11.9. The maximum atomic E-state index is 13.9. The molecule has 1 aromatic heterocycles. The first-order chi connectivity index (χ1) is 19.9. The van der Waals surface area contributed by atoms with Crippen molar-refractivity contribution in [2.45, 2.75) is 43.8 Å². The predicted molar refractivity (Wildman–Crippen MR) is 158 cm³/mol. The summed E-state index contributed by atoms with van der Waals surface area (Å²) in [6.45, 7) is 2.58. The average Bonchev–Trinajstić information content (AvgIpc) is 3.00. The summed E-state index contributed by atoms with van der Waals surface area (Å²) in [7, 11) is -3.56. The minimum absolute atomic E-state index is 0.146. The summed E-state index contributed by atoms with van der Waals surface area (Å²) in [4.78, 5) is 33.4. The van der Waals surface area contributed by atoms with Gasteiger partial charge in [0.2, 0.25) is 21.8 Å². The van der Waals surface area contributed by atoms with Gasteiger partial charge in [-0.3, -0.25) is 14.6 Å². The molecule has 0 bridgehead atoms. The molecule has 0 aliphatic heterocycles. The molecule has 212 valence electrons. The molecule has 8 nitrogen and oxygen atoms in total. The van der Waals surface area contributed by atoms with Gasteiger partial charge in [-0.1, -0.05) is 79.7 Å². The van der Waals surface area contributed by atoms with E-state index in [1.807, 2.05) is 72.8 Å². The van der Waals surface area contributed by atoms with E-state index in [2.05, 4.69) is 15.0 Å². The van der Waals surface area contributed by atoms with Crippen molar-refractivity contribution >= 4 is 21.8 Å². The number of benzene rings is 3. The molecule has 0 fully saturated rings. The van der Waals surface area contributed by atoms with Gasteiger partial charge in [0.25, 0.3) is 0 Å². The van der Waals surface area contributed by atoms with E-state index in [1.54, 1.807) is 48.5 Å². The van der Waals surface area contributed by atoms with Crippen LogP contribution in [0.15, 0.2) is 114 Å². The van der Waals surface area contributed by atoms with Gasteiger partial charge in [0, 0.05) is 38.4 Å². The zero-order valence-electron chi connectivity index (χ0n) is 22.9. The van der Waals surface area contributed by atoms with Gasteiger partial charge >= 0.3 is 0 Å². The number of hydrogen-bond donors (Lipinski definition) is 2. The largest absolute Gasteiger partial charge is 0.350 e. The van der Waals surface area contributed by atoms with Crippen LogP contribution in [0.3, 0.4) is 0 Å². The highest BCUT2D eigenvalue weighted by Crippen LogP contribution is 2.25. The maximum Gasteiger partial charge on any atom is 0.247 e. The van der Waals surface area contributed by atoms with Crippen molar-refractivity contribution in [3.05, 3.63) is 132 Å². The minimum Gasteiger partial charge on any atom is -0.350 e. The number of rotatable bonds is 13. The van der Waals surface area contributed by atoms with Gasteiger partial charge in [-0.15, -0.1) is 0 Å². The van der Waals surface area contributed by atoms with Crippen LogP contribution in [0, 0.1) is 0 Å². The van der Waals surface area contributed by atoms with Crippen LogP contribution in [-0.4, -0.2) is 36.7 Å². The van der Waals surface area contributed by atoms with Crippen molar-refractivity contribution in [2.24, 2.45) is 0 Å². The number of aryl methyl sites for hydroxylation is 1. The van der Waals surface area contributed by atoms with Gasteiger partial charge in [0.15, 0.2) is 0 Å². The Labute approximate surface area is 241 Å². The Morgan fingerprint density at radius 1 is 0.805 bits per heavy atom. The van der Waals surface area contributed by atoms with Crippen molar-refractivity contribution < 1.29 is 18.0 Å². The number of aromatic nitrogens is 1. The Morgan fingerprint density at radius 2 is 1.44 bits per heavy atom. The zero-order chi connectivity index (χ0) is 29.1. The Hall–Kier alpha value is -4.34. The minimum atomic E-state index is -3.56. The van der Waals surface area contributed by atoms with Crippen molar-refractivity contribution in [3.8, 4) is 0 Å². The van der Waals surface area contributed by atoms with Crippen LogP contribution in [0.4, 0.5) is 0 Å². The highest BCUT2D eigenvalue weighted by Gasteiger charge is 2.31. The second kappa shape index (κ2) is 14.3. The van der Waals surface area contributed by atoms with Gasteiger partial charge in [0.1, 0.15) is 6.04 Å². The van der Waals surface area contributed by atoms with E-state index in [-0.39, 0.29) is 29.7 Å². The van der Waals surface area contributed by atoms with Crippen LogP contribution in [0.25, 0.3) is 0 Å². The first-order valence-electron chi connectivity index (χ1n) is 13.5. The SMILES string of the molecule is CCNS(=O)(=O)c1ccc(CCC(=O)N(Cc2ccccc2)[C@@H](C(=O)NCc2ccncc2)c2ccccc2)cc1. The van der Waals surface area contributed by atoms with E-state index in [4.69, 9.17) is 0 Å². The lowest BCUT2D eigenvalue weighted by molar-refractivity contribution is -0.141. The van der Waals surface area contributed by atoms with Crippen LogP contribution in [-0.2, 0) is 39.1 Å². The summed E-state index contributed by atoms with van der Waals surface area (Å²) in [6, 6.07) is 28.2. The van der Waals surface area contributed by atoms with Crippen LogP contribution >= 0.6 is 0 Å². The molecule has 0 saturated heterocycles. The number of hydrogen-bond acceptors (Lipinski definition) is 5. The fourth-order valence-corrected chi connectivity index (χ4v) is 5.54. The van der Waals surface area contributed by atoms with Crippen molar-refractivity contribution in [1.29, 1.82) is 0 Å². The molecule has 3 aromatic carbocycles. The molecule has 41 heavy (non-hydrogen) atoms. The van der Waals surface area contributed by atoms with E-state index in [0.717, 1.165) is 16.7 Å². The van der Waals surface area contributed by atoms with Gasteiger partial charge < -0.3 is 10.2 Å². The molecule has 4 aromatic rings. The fourth-order valence-electron chi connectivity index (χ4n) is 4.50. The molecule has 1 heterocycles. The molecule has 9 heteroatoms. The second-order valence-electron chi connectivity index (χ2n) is 9.54. The molecular weight excluding hydrogens is 536 g/mol. The lowest BCUT2D eigenvalue weighted by atomic mass is 10.0. The smallest absolute Gasteiger partial charge is 0.247 e. The van der Waals surface area contributed by atoms with Gasteiger partial charge in [0.05, 0.1) is 4.90 Å². The molecule has 0 radical (unpaired) electrons. The number of pyridine rings is 1. The number of sulfonamides is 1. The Balaban J connectivity index is 1.58. The molecule has 0 saturated carbocycles. The average molecular weight is 571 g/mol. The molecule has 1 atom stereocenters. The zero-order valence-corrected chi connectivity index (χ0v) is 23.8. The van der Waals surface area contributed by atoms with E-state index < -0.39 is 16.1 Å². The highest BCUT2D eigenvalue weighted by atomic mass is 32.2. The van der Waals surface area contributed by atoms with Gasteiger partial charge in [-0.2, -0.15) is 0 Å². The monoisotopic (exact) mass is 570 g/mol. The summed E-state index contributed by atoms with van der Waals surface area (Å²) in [5, 5.41) is 3.00. The molecule has 0 unspecified atom stereocenters. The van der Waals surface area contributed by atoms with Gasteiger partial charge in [-0.25, -0.2) is 13.1 Å². The number of nitrogens with zero attached hydrogens (tertiary/aromatic N) is 2. The summed E-state index contributed by atoms with van der Waals surface area (Å²) in [6.07, 6.45) is 3.88. The molecule has 0 spiro atoms. The van der Waals surface area contributed by atoms with Gasteiger partial charge in [-0.05, 0) is 52.9 Å². The number of amides is 2. The first kappa shape index (κ1) is 29.6. The molecule has 0 aliphatic rings. The topological polar surface area (TPSA) is 108 Å². The highest BCUT2D eigenvalue weighted by molar-refractivity contribution is 7.89. The van der Waals surface area contributed by atoms with E-state index in [1.165, 1.54) is 0 Å². The first-order valence-corrected chi connectivity index (χ1v) is 15.0. The quantitative estimate of drug-likeness (QED) is 0.248. The Bertz CT molecular complexity index is 1510. The predicted octanol–water partition coefficient (Wildman–Crippen LogP) is 4.40. The molecule has 0 aliphatic carbocycles. The Morgan fingerprint density at radius 3 is 2.07 bits per heavy atom. The third-order valence-electron chi connectivity index (χ3n) is 6.60. The summed E-state index contributed by atoms with van der Waals surface area (Å²) < 4.78 is 27.0. The third-order valence-corrected chi connectivity index (χ3v) is 8.16. The van der Waals surface area contributed by atoms with E-state index >= 15 is 0 Å². The summed E-state index contributed by atoms with van der Waals surface area (Å²) in [5.74, 6) is -0.471. The molecule has 2 amide bonds. The standard InChI is InChI=1S/C32H34N4O4S/c1-2-35-41(39,40)29-16-13-25(14-17-29)15-18-30(37)36(24-27-9-5-3-6-10-27)31(28-11-7-4-8-12-28)32(38)34-23-26-19-21-33-22-20-26/h3-14,16-17,19-22,31,35H,2,15,18,23-24H2,1H3,(H,34,38)/t31-/m1/s1. The van der Waals surface area contributed by atoms with Crippen molar-refractivity contribution in [2.75, 3.05) is 6.54 Å². The van der Waals surface area contributed by atoms with Crippen LogP contribution in [0.1, 0.15) is 41.6 Å². The third kappa shape index (κ3) is 8.33.